The van der Waals surface area contributed by atoms with E-state index in [0.29, 0.717) is 6.79 Å². The number of hydrogen-bond acceptors (Lipinski definition) is 3. The van der Waals surface area contributed by atoms with Gasteiger partial charge in [0.05, 0.1) is 6.10 Å². The smallest absolute Gasteiger partial charge is 0.231 e. The van der Waals surface area contributed by atoms with Crippen LogP contribution in [-0.4, -0.2) is 13.4 Å². The van der Waals surface area contributed by atoms with E-state index in [1.165, 1.54) is 18.4 Å². The molecule has 15 heavy (non-hydrogen) atoms. The quantitative estimate of drug-likeness (QED) is 0.707. The fourth-order valence-electron chi connectivity index (χ4n) is 2.12. The van der Waals surface area contributed by atoms with E-state index in [1.54, 1.807) is 0 Å². The lowest BCUT2D eigenvalue weighted by Gasteiger charge is -2.22. The van der Waals surface area contributed by atoms with Crippen molar-refractivity contribution in [2.45, 2.75) is 25.4 Å². The molecule has 0 bridgehead atoms. The van der Waals surface area contributed by atoms with Gasteiger partial charge in [0.1, 0.15) is 0 Å². The molecule has 1 atom stereocenters. The third-order valence-electron chi connectivity index (χ3n) is 2.95. The average molecular weight is 206 g/mol. The Hall–Kier alpha value is -1.22. The maximum Gasteiger partial charge on any atom is 0.231 e. The fourth-order valence-corrected chi connectivity index (χ4v) is 2.12. The van der Waals surface area contributed by atoms with Crippen molar-refractivity contribution >= 4 is 0 Å². The van der Waals surface area contributed by atoms with Crippen LogP contribution in [-0.2, 0) is 4.74 Å². The van der Waals surface area contributed by atoms with Gasteiger partial charge in [-0.2, -0.15) is 0 Å². The Kier molecular flexibility index (Phi) is 2.25. The molecule has 0 aromatic heterocycles. The molecule has 0 amide bonds. The number of fused-ring (bicyclic) bond motifs is 1. The third-order valence-corrected chi connectivity index (χ3v) is 2.95. The Morgan fingerprint density at radius 1 is 1.07 bits per heavy atom. The SMILES string of the molecule is c1cc2c(cc1C1CCCCO1)OCO2. The zero-order chi connectivity index (χ0) is 10.1. The number of ether oxygens (including phenoxy) is 3. The Bertz CT molecular complexity index is 356. The van der Waals surface area contributed by atoms with Crippen LogP contribution in [0.4, 0.5) is 0 Å². The van der Waals surface area contributed by atoms with Crippen LogP contribution in [0.25, 0.3) is 0 Å². The summed E-state index contributed by atoms with van der Waals surface area (Å²) >= 11 is 0. The first-order chi connectivity index (χ1) is 7.43. The average Bonchev–Trinajstić information content (AvgIpc) is 2.77. The number of benzene rings is 1. The molecule has 2 aliphatic rings. The van der Waals surface area contributed by atoms with Gasteiger partial charge in [-0.1, -0.05) is 6.07 Å². The molecule has 1 saturated heterocycles. The van der Waals surface area contributed by atoms with E-state index in [9.17, 15) is 0 Å². The normalized spacial score (nSPS) is 24.1. The molecule has 80 valence electrons. The summed E-state index contributed by atoms with van der Waals surface area (Å²) in [7, 11) is 0. The second-order valence-electron chi connectivity index (χ2n) is 3.97. The first-order valence-electron chi connectivity index (χ1n) is 5.44. The lowest BCUT2D eigenvalue weighted by molar-refractivity contribution is 0.0148. The number of rotatable bonds is 1. The summed E-state index contributed by atoms with van der Waals surface area (Å²) in [6.07, 6.45) is 3.79. The van der Waals surface area contributed by atoms with E-state index in [0.717, 1.165) is 24.5 Å². The summed E-state index contributed by atoms with van der Waals surface area (Å²) in [5.41, 5.74) is 1.21. The van der Waals surface area contributed by atoms with Gasteiger partial charge in [0.2, 0.25) is 6.79 Å². The van der Waals surface area contributed by atoms with E-state index < -0.39 is 0 Å². The molecule has 3 rings (SSSR count). The van der Waals surface area contributed by atoms with Crippen LogP contribution in [0.15, 0.2) is 18.2 Å². The van der Waals surface area contributed by atoms with Gasteiger partial charge >= 0.3 is 0 Å². The van der Waals surface area contributed by atoms with Gasteiger partial charge in [0, 0.05) is 6.61 Å². The van der Waals surface area contributed by atoms with Crippen molar-refractivity contribution in [3.63, 3.8) is 0 Å². The van der Waals surface area contributed by atoms with Crippen molar-refractivity contribution in [2.24, 2.45) is 0 Å². The van der Waals surface area contributed by atoms with Gasteiger partial charge in [-0.25, -0.2) is 0 Å². The second-order valence-corrected chi connectivity index (χ2v) is 3.97. The molecule has 2 heterocycles. The van der Waals surface area contributed by atoms with Gasteiger partial charge in [0.25, 0.3) is 0 Å². The molecule has 0 radical (unpaired) electrons. The molecule has 2 aliphatic heterocycles. The van der Waals surface area contributed by atoms with Crippen LogP contribution < -0.4 is 9.47 Å². The summed E-state index contributed by atoms with van der Waals surface area (Å²) in [6, 6.07) is 6.08. The maximum atomic E-state index is 5.73. The van der Waals surface area contributed by atoms with Gasteiger partial charge in [0.15, 0.2) is 11.5 Å². The van der Waals surface area contributed by atoms with Crippen LogP contribution in [0.5, 0.6) is 11.5 Å². The van der Waals surface area contributed by atoms with Crippen molar-refractivity contribution in [2.75, 3.05) is 13.4 Å². The summed E-state index contributed by atoms with van der Waals surface area (Å²) in [6.45, 7) is 1.21. The predicted molar refractivity (Wildman–Crippen MR) is 55.1 cm³/mol. The molecule has 3 nitrogen and oxygen atoms in total. The highest BCUT2D eigenvalue weighted by atomic mass is 16.7. The molecule has 1 unspecified atom stereocenters. The zero-order valence-corrected chi connectivity index (χ0v) is 8.57. The largest absolute Gasteiger partial charge is 0.454 e. The van der Waals surface area contributed by atoms with Crippen molar-refractivity contribution in [3.05, 3.63) is 23.8 Å². The molecule has 0 spiro atoms. The van der Waals surface area contributed by atoms with Gasteiger partial charge in [-0.05, 0) is 37.0 Å². The Labute approximate surface area is 89.0 Å². The lowest BCUT2D eigenvalue weighted by atomic mass is 10.0. The van der Waals surface area contributed by atoms with E-state index in [4.69, 9.17) is 14.2 Å². The third kappa shape index (κ3) is 1.67. The summed E-state index contributed by atoms with van der Waals surface area (Å²) < 4.78 is 16.4. The minimum atomic E-state index is 0.244. The highest BCUT2D eigenvalue weighted by Gasteiger charge is 2.20. The van der Waals surface area contributed by atoms with Crippen molar-refractivity contribution in [1.82, 2.24) is 0 Å². The Morgan fingerprint density at radius 3 is 2.87 bits per heavy atom. The Balaban J connectivity index is 1.85. The minimum Gasteiger partial charge on any atom is -0.454 e. The standard InChI is InChI=1S/C12H14O3/c1-2-6-13-10(3-1)9-4-5-11-12(7-9)15-8-14-11/h4-5,7,10H,1-3,6,8H2. The lowest BCUT2D eigenvalue weighted by Crippen LogP contribution is -2.11. The van der Waals surface area contributed by atoms with Gasteiger partial charge in [-0.3, -0.25) is 0 Å². The first-order valence-corrected chi connectivity index (χ1v) is 5.44. The molecule has 1 aromatic rings. The fraction of sp³-hybridized carbons (Fsp3) is 0.500. The molecular weight excluding hydrogens is 192 g/mol. The van der Waals surface area contributed by atoms with Crippen LogP contribution in [0.1, 0.15) is 30.9 Å². The maximum absolute atomic E-state index is 5.73. The Morgan fingerprint density at radius 2 is 2.00 bits per heavy atom. The molecule has 1 aromatic carbocycles. The first kappa shape index (κ1) is 9.04. The topological polar surface area (TPSA) is 27.7 Å². The number of hydrogen-bond donors (Lipinski definition) is 0. The minimum absolute atomic E-state index is 0.244. The molecule has 3 heteroatoms. The zero-order valence-electron chi connectivity index (χ0n) is 8.57. The van der Waals surface area contributed by atoms with Gasteiger partial charge in [-0.15, -0.1) is 0 Å². The van der Waals surface area contributed by atoms with Crippen LogP contribution in [0.2, 0.25) is 0 Å². The van der Waals surface area contributed by atoms with Crippen molar-refractivity contribution in [3.8, 4) is 11.5 Å². The molecule has 0 aliphatic carbocycles. The summed E-state index contributed by atoms with van der Waals surface area (Å²) in [5.74, 6) is 1.69. The predicted octanol–water partition coefficient (Wildman–Crippen LogP) is 2.66. The van der Waals surface area contributed by atoms with E-state index in [1.807, 2.05) is 12.1 Å². The van der Waals surface area contributed by atoms with Crippen LogP contribution >= 0.6 is 0 Å². The monoisotopic (exact) mass is 206 g/mol. The molecule has 1 fully saturated rings. The summed E-state index contributed by atoms with van der Waals surface area (Å²) in [4.78, 5) is 0. The van der Waals surface area contributed by atoms with Crippen molar-refractivity contribution < 1.29 is 14.2 Å². The van der Waals surface area contributed by atoms with Gasteiger partial charge < -0.3 is 14.2 Å². The van der Waals surface area contributed by atoms with Crippen LogP contribution in [0.3, 0.4) is 0 Å². The molecular formula is C12H14O3. The summed E-state index contributed by atoms with van der Waals surface area (Å²) in [5, 5.41) is 0. The second kappa shape index (κ2) is 3.74. The van der Waals surface area contributed by atoms with E-state index in [2.05, 4.69) is 6.07 Å². The highest BCUT2D eigenvalue weighted by molar-refractivity contribution is 5.45. The molecule has 0 N–H and O–H groups in total. The van der Waals surface area contributed by atoms with E-state index in [-0.39, 0.29) is 6.10 Å². The highest BCUT2D eigenvalue weighted by Crippen LogP contribution is 2.37. The van der Waals surface area contributed by atoms with E-state index >= 15 is 0 Å². The molecule has 0 saturated carbocycles. The van der Waals surface area contributed by atoms with Crippen molar-refractivity contribution in [1.29, 1.82) is 0 Å². The van der Waals surface area contributed by atoms with Crippen LogP contribution in [0, 0.1) is 0 Å².